The van der Waals surface area contributed by atoms with E-state index in [1.54, 1.807) is 0 Å². The van der Waals surface area contributed by atoms with Crippen molar-refractivity contribution in [1.82, 2.24) is 15.2 Å². The van der Waals surface area contributed by atoms with Crippen molar-refractivity contribution < 1.29 is 4.79 Å². The SMILES string of the molecule is Cc1cc(=O)c(C(=O)N2CC3CCCNC3C2)c[nH]1. The fraction of sp³-hybridized carbons (Fsp3) is 0.571. The zero-order valence-electron chi connectivity index (χ0n) is 11.1. The molecule has 2 saturated heterocycles. The molecule has 0 saturated carbocycles. The third-order valence-corrected chi connectivity index (χ3v) is 4.17. The molecule has 2 aliphatic heterocycles. The molecule has 2 fully saturated rings. The number of carbonyl (C=O) groups excluding carboxylic acids is 1. The van der Waals surface area contributed by atoms with Gasteiger partial charge in [0.2, 0.25) is 0 Å². The molecule has 2 aliphatic rings. The highest BCUT2D eigenvalue weighted by atomic mass is 16.2. The van der Waals surface area contributed by atoms with Crippen LogP contribution in [-0.2, 0) is 0 Å². The number of aryl methyl sites for hydroxylation is 1. The molecule has 19 heavy (non-hydrogen) atoms. The molecule has 2 atom stereocenters. The Kier molecular flexibility index (Phi) is 3.14. The number of aromatic amines is 1. The number of likely N-dealkylation sites (tertiary alicyclic amines) is 1. The van der Waals surface area contributed by atoms with Gasteiger partial charge < -0.3 is 15.2 Å². The van der Waals surface area contributed by atoms with Crippen molar-refractivity contribution in [3.63, 3.8) is 0 Å². The first-order valence-electron chi connectivity index (χ1n) is 6.87. The van der Waals surface area contributed by atoms with Crippen LogP contribution in [0.25, 0.3) is 0 Å². The van der Waals surface area contributed by atoms with Crippen LogP contribution in [0, 0.1) is 12.8 Å². The van der Waals surface area contributed by atoms with E-state index in [4.69, 9.17) is 0 Å². The molecule has 0 spiro atoms. The Morgan fingerprint density at radius 1 is 1.42 bits per heavy atom. The van der Waals surface area contributed by atoms with Gasteiger partial charge in [0.25, 0.3) is 5.91 Å². The predicted molar refractivity (Wildman–Crippen MR) is 72.2 cm³/mol. The van der Waals surface area contributed by atoms with Gasteiger partial charge in [-0.2, -0.15) is 0 Å². The summed E-state index contributed by atoms with van der Waals surface area (Å²) in [5.41, 5.74) is 0.839. The summed E-state index contributed by atoms with van der Waals surface area (Å²) in [5.74, 6) is 0.402. The molecular formula is C14H19N3O2. The van der Waals surface area contributed by atoms with Crippen LogP contribution in [0.2, 0.25) is 0 Å². The van der Waals surface area contributed by atoms with Crippen LogP contribution in [-0.4, -0.2) is 41.5 Å². The third-order valence-electron chi connectivity index (χ3n) is 4.17. The molecule has 3 rings (SSSR count). The average molecular weight is 261 g/mol. The summed E-state index contributed by atoms with van der Waals surface area (Å²) in [6.07, 6.45) is 3.88. The van der Waals surface area contributed by atoms with E-state index in [2.05, 4.69) is 10.3 Å². The minimum Gasteiger partial charge on any atom is -0.364 e. The van der Waals surface area contributed by atoms with Crippen LogP contribution in [0.1, 0.15) is 28.9 Å². The van der Waals surface area contributed by atoms with Crippen LogP contribution in [0.5, 0.6) is 0 Å². The van der Waals surface area contributed by atoms with Gasteiger partial charge in [0.05, 0.1) is 0 Å². The molecule has 1 amide bonds. The van der Waals surface area contributed by atoms with E-state index < -0.39 is 0 Å². The number of piperidine rings is 1. The number of pyridine rings is 1. The zero-order chi connectivity index (χ0) is 13.4. The van der Waals surface area contributed by atoms with Gasteiger partial charge in [-0.3, -0.25) is 9.59 Å². The summed E-state index contributed by atoms with van der Waals surface area (Å²) in [6, 6.07) is 1.89. The first kappa shape index (κ1) is 12.4. The van der Waals surface area contributed by atoms with E-state index >= 15 is 0 Å². The minimum absolute atomic E-state index is 0.141. The standard InChI is InChI=1S/C14H19N3O2/c1-9-5-13(18)11(6-16-9)14(19)17-7-10-3-2-4-15-12(10)8-17/h5-6,10,12,15H,2-4,7-8H2,1H3,(H,16,18). The molecule has 2 unspecified atom stereocenters. The maximum absolute atomic E-state index is 12.4. The summed E-state index contributed by atoms with van der Waals surface area (Å²) in [5, 5.41) is 3.46. The molecule has 0 bridgehead atoms. The van der Waals surface area contributed by atoms with Crippen LogP contribution >= 0.6 is 0 Å². The molecule has 0 radical (unpaired) electrons. The number of nitrogens with zero attached hydrogens (tertiary/aromatic N) is 1. The lowest BCUT2D eigenvalue weighted by Crippen LogP contribution is -2.41. The van der Waals surface area contributed by atoms with Crippen molar-refractivity contribution >= 4 is 5.91 Å². The highest BCUT2D eigenvalue weighted by molar-refractivity contribution is 5.94. The lowest BCUT2D eigenvalue weighted by atomic mass is 9.94. The smallest absolute Gasteiger partial charge is 0.259 e. The highest BCUT2D eigenvalue weighted by Crippen LogP contribution is 2.25. The molecule has 2 N–H and O–H groups in total. The number of fused-ring (bicyclic) bond motifs is 1. The van der Waals surface area contributed by atoms with Crippen molar-refractivity contribution in [2.75, 3.05) is 19.6 Å². The minimum atomic E-state index is -0.191. The van der Waals surface area contributed by atoms with Crippen LogP contribution < -0.4 is 10.7 Å². The molecule has 0 aliphatic carbocycles. The Hall–Kier alpha value is -1.62. The number of H-pyrrole nitrogens is 1. The van der Waals surface area contributed by atoms with Gasteiger partial charge >= 0.3 is 0 Å². The summed E-state index contributed by atoms with van der Waals surface area (Å²) >= 11 is 0. The number of nitrogens with one attached hydrogen (secondary N) is 2. The molecule has 102 valence electrons. The van der Waals surface area contributed by atoms with E-state index in [9.17, 15) is 9.59 Å². The zero-order valence-corrected chi connectivity index (χ0v) is 11.1. The van der Waals surface area contributed by atoms with Crippen molar-refractivity contribution in [3.05, 3.63) is 33.7 Å². The molecule has 3 heterocycles. The quantitative estimate of drug-likeness (QED) is 0.774. The van der Waals surface area contributed by atoms with E-state index in [1.807, 2.05) is 11.8 Å². The molecular weight excluding hydrogens is 242 g/mol. The van der Waals surface area contributed by atoms with Crippen molar-refractivity contribution in [2.24, 2.45) is 5.92 Å². The second-order valence-electron chi connectivity index (χ2n) is 5.57. The topological polar surface area (TPSA) is 65.2 Å². The summed E-state index contributed by atoms with van der Waals surface area (Å²) < 4.78 is 0. The van der Waals surface area contributed by atoms with Gasteiger partial charge in [0.15, 0.2) is 5.43 Å². The summed E-state index contributed by atoms with van der Waals surface area (Å²) in [6.45, 7) is 4.33. The highest BCUT2D eigenvalue weighted by Gasteiger charge is 2.37. The van der Waals surface area contributed by atoms with Gasteiger partial charge in [-0.1, -0.05) is 0 Å². The lowest BCUT2D eigenvalue weighted by Gasteiger charge is -2.24. The van der Waals surface area contributed by atoms with E-state index in [1.165, 1.54) is 25.1 Å². The molecule has 1 aromatic rings. The van der Waals surface area contributed by atoms with Crippen molar-refractivity contribution in [2.45, 2.75) is 25.8 Å². The van der Waals surface area contributed by atoms with Gasteiger partial charge in [0.1, 0.15) is 5.56 Å². The Morgan fingerprint density at radius 2 is 2.26 bits per heavy atom. The first-order valence-corrected chi connectivity index (χ1v) is 6.87. The Labute approximate surface area is 112 Å². The first-order chi connectivity index (χ1) is 9.15. The van der Waals surface area contributed by atoms with Crippen molar-refractivity contribution in [1.29, 1.82) is 0 Å². The van der Waals surface area contributed by atoms with Crippen LogP contribution in [0.15, 0.2) is 17.1 Å². The fourth-order valence-electron chi connectivity index (χ4n) is 3.12. The molecule has 5 heteroatoms. The van der Waals surface area contributed by atoms with Gasteiger partial charge in [-0.15, -0.1) is 0 Å². The van der Waals surface area contributed by atoms with Gasteiger partial charge in [-0.05, 0) is 32.2 Å². The fourth-order valence-corrected chi connectivity index (χ4v) is 3.12. The van der Waals surface area contributed by atoms with E-state index in [0.717, 1.165) is 25.3 Å². The maximum Gasteiger partial charge on any atom is 0.259 e. The molecule has 0 aromatic carbocycles. The van der Waals surface area contributed by atoms with Gasteiger partial charge in [-0.25, -0.2) is 0 Å². The number of hydrogen-bond acceptors (Lipinski definition) is 3. The lowest BCUT2D eigenvalue weighted by molar-refractivity contribution is 0.0784. The van der Waals surface area contributed by atoms with E-state index in [-0.39, 0.29) is 16.9 Å². The number of rotatable bonds is 1. The van der Waals surface area contributed by atoms with Gasteiger partial charge in [0, 0.05) is 37.1 Å². The predicted octanol–water partition coefficient (Wildman–Crippen LogP) is 0.507. The van der Waals surface area contributed by atoms with Crippen LogP contribution in [0.4, 0.5) is 0 Å². The number of carbonyl (C=O) groups is 1. The number of aromatic nitrogens is 1. The summed E-state index contributed by atoms with van der Waals surface area (Å²) in [7, 11) is 0. The second-order valence-corrected chi connectivity index (χ2v) is 5.57. The molecule has 5 nitrogen and oxygen atoms in total. The third kappa shape index (κ3) is 2.30. The van der Waals surface area contributed by atoms with E-state index in [0.29, 0.717) is 12.0 Å². The van der Waals surface area contributed by atoms with Crippen molar-refractivity contribution in [3.8, 4) is 0 Å². The molecule has 1 aromatic heterocycles. The second kappa shape index (κ2) is 4.81. The Morgan fingerprint density at radius 3 is 3.00 bits per heavy atom. The Bertz CT molecular complexity index is 538. The largest absolute Gasteiger partial charge is 0.364 e. The Balaban J connectivity index is 1.79. The monoisotopic (exact) mass is 261 g/mol. The number of amides is 1. The number of hydrogen-bond donors (Lipinski definition) is 2. The normalized spacial score (nSPS) is 26.3. The summed E-state index contributed by atoms with van der Waals surface area (Å²) in [4.78, 5) is 29.0. The average Bonchev–Trinajstić information content (AvgIpc) is 2.81. The van der Waals surface area contributed by atoms with Crippen LogP contribution in [0.3, 0.4) is 0 Å². The maximum atomic E-state index is 12.4.